The Balaban J connectivity index is 1.63. The van der Waals surface area contributed by atoms with Gasteiger partial charge >= 0.3 is 0 Å². The average Bonchev–Trinajstić information content (AvgIpc) is 3.19. The van der Waals surface area contributed by atoms with Crippen molar-refractivity contribution in [3.05, 3.63) is 52.2 Å². The molecule has 0 bridgehead atoms. The smallest absolute Gasteiger partial charge is 0.263 e. The number of ketones is 1. The number of aliphatic hydroxyl groups excluding tert-OH is 1. The van der Waals surface area contributed by atoms with Crippen molar-refractivity contribution in [3.8, 4) is 5.75 Å². The highest BCUT2D eigenvalue weighted by Crippen LogP contribution is 2.34. The molecular formula is C21H25NO4S. The van der Waals surface area contributed by atoms with Gasteiger partial charge in [-0.25, -0.2) is 0 Å². The Morgan fingerprint density at radius 1 is 1.19 bits per heavy atom. The van der Waals surface area contributed by atoms with Crippen molar-refractivity contribution in [1.29, 1.82) is 0 Å². The fourth-order valence-electron chi connectivity index (χ4n) is 3.49. The summed E-state index contributed by atoms with van der Waals surface area (Å²) in [5.74, 6) is 0.721. The highest BCUT2D eigenvalue weighted by atomic mass is 32.1. The van der Waals surface area contributed by atoms with Crippen LogP contribution in [0.3, 0.4) is 0 Å². The largest absolute Gasteiger partial charge is 0.494 e. The number of para-hydroxylation sites is 1. The van der Waals surface area contributed by atoms with E-state index in [0.717, 1.165) is 18.6 Å². The molecule has 1 amide bonds. The lowest BCUT2D eigenvalue weighted by Crippen LogP contribution is -2.48. The predicted molar refractivity (Wildman–Crippen MR) is 106 cm³/mol. The lowest BCUT2D eigenvalue weighted by molar-refractivity contribution is 0.0158. The van der Waals surface area contributed by atoms with E-state index in [1.54, 1.807) is 17.0 Å². The normalized spacial score (nSPS) is 19.7. The minimum atomic E-state index is -0.344. The second-order valence-corrected chi connectivity index (χ2v) is 8.20. The number of hydrogen-bond acceptors (Lipinski definition) is 5. The fourth-order valence-corrected chi connectivity index (χ4v) is 4.36. The van der Waals surface area contributed by atoms with Crippen LogP contribution in [0.4, 0.5) is 0 Å². The molecule has 1 N–H and O–H groups in total. The predicted octanol–water partition coefficient (Wildman–Crippen LogP) is 3.63. The van der Waals surface area contributed by atoms with Crippen molar-refractivity contribution >= 4 is 23.0 Å². The van der Waals surface area contributed by atoms with Crippen LogP contribution in [0, 0.1) is 5.41 Å². The number of likely N-dealkylation sites (tertiary alicyclic amines) is 1. The molecule has 1 aliphatic heterocycles. The average molecular weight is 388 g/mol. The zero-order chi connectivity index (χ0) is 19.3. The first-order valence-electron chi connectivity index (χ1n) is 9.22. The SMILES string of the molecule is CC(=O)c1ccc(C(=O)N2CCCC(CO)(CCOc3ccccc3)C2)s1. The zero-order valence-corrected chi connectivity index (χ0v) is 16.3. The Bertz CT molecular complexity index is 788. The number of thiophene rings is 1. The molecule has 3 rings (SSSR count). The number of nitrogens with zero attached hydrogens (tertiary/aromatic N) is 1. The Kier molecular flexibility index (Phi) is 6.29. The summed E-state index contributed by atoms with van der Waals surface area (Å²) >= 11 is 1.24. The van der Waals surface area contributed by atoms with Gasteiger partial charge in [0.1, 0.15) is 5.75 Å². The number of benzene rings is 1. The van der Waals surface area contributed by atoms with Gasteiger partial charge in [0.15, 0.2) is 5.78 Å². The van der Waals surface area contributed by atoms with Gasteiger partial charge in [0.25, 0.3) is 5.91 Å². The van der Waals surface area contributed by atoms with Gasteiger partial charge in [0.05, 0.1) is 23.0 Å². The number of aliphatic hydroxyl groups is 1. The molecule has 5 nitrogen and oxygen atoms in total. The maximum absolute atomic E-state index is 12.8. The molecule has 144 valence electrons. The standard InChI is InChI=1S/C21H25NO4S/c1-16(24)18-8-9-19(27-18)20(25)22-12-5-10-21(14-22,15-23)11-13-26-17-6-3-2-4-7-17/h2-4,6-9,23H,5,10-15H2,1H3. The summed E-state index contributed by atoms with van der Waals surface area (Å²) in [5, 5.41) is 10.1. The lowest BCUT2D eigenvalue weighted by atomic mass is 9.78. The van der Waals surface area contributed by atoms with Crippen LogP contribution in [0.25, 0.3) is 0 Å². The summed E-state index contributed by atoms with van der Waals surface area (Å²) < 4.78 is 5.80. The van der Waals surface area contributed by atoms with Gasteiger partial charge in [0, 0.05) is 18.5 Å². The molecule has 6 heteroatoms. The molecule has 1 saturated heterocycles. The number of piperidine rings is 1. The van der Waals surface area contributed by atoms with Crippen LogP contribution in [-0.2, 0) is 0 Å². The maximum Gasteiger partial charge on any atom is 0.263 e. The molecule has 1 aliphatic rings. The van der Waals surface area contributed by atoms with Crippen LogP contribution in [0.15, 0.2) is 42.5 Å². The summed E-state index contributed by atoms with van der Waals surface area (Å²) in [5.41, 5.74) is -0.344. The van der Waals surface area contributed by atoms with Crippen LogP contribution in [-0.4, -0.2) is 48.0 Å². The van der Waals surface area contributed by atoms with E-state index >= 15 is 0 Å². The number of rotatable bonds is 7. The summed E-state index contributed by atoms with van der Waals surface area (Å²) in [6.45, 7) is 3.21. The molecule has 2 aromatic rings. The molecule has 1 atom stereocenters. The van der Waals surface area contributed by atoms with Gasteiger partial charge in [0.2, 0.25) is 0 Å². The Morgan fingerprint density at radius 2 is 1.93 bits per heavy atom. The number of carbonyl (C=O) groups is 2. The third-order valence-corrected chi connectivity index (χ3v) is 6.27. The molecule has 1 unspecified atom stereocenters. The first kappa shape index (κ1) is 19.6. The number of amides is 1. The molecule has 1 fully saturated rings. The third kappa shape index (κ3) is 4.76. The Labute approximate surface area is 163 Å². The van der Waals surface area contributed by atoms with Gasteiger partial charge < -0.3 is 14.7 Å². The second kappa shape index (κ2) is 8.67. The van der Waals surface area contributed by atoms with Crippen molar-refractivity contribution in [2.24, 2.45) is 5.41 Å². The number of Topliss-reactive ketones (excluding diaryl/α,β-unsaturated/α-hetero) is 1. The van der Waals surface area contributed by atoms with E-state index in [9.17, 15) is 14.7 Å². The summed E-state index contributed by atoms with van der Waals surface area (Å²) in [6, 6.07) is 13.0. The molecule has 0 radical (unpaired) electrons. The highest BCUT2D eigenvalue weighted by Gasteiger charge is 2.37. The van der Waals surface area contributed by atoms with Crippen molar-refractivity contribution in [2.75, 3.05) is 26.3 Å². The zero-order valence-electron chi connectivity index (χ0n) is 15.5. The molecule has 0 spiro atoms. The van der Waals surface area contributed by atoms with Gasteiger partial charge in [-0.05, 0) is 50.5 Å². The molecule has 1 aromatic heterocycles. The van der Waals surface area contributed by atoms with Crippen molar-refractivity contribution in [2.45, 2.75) is 26.2 Å². The summed E-state index contributed by atoms with van der Waals surface area (Å²) in [7, 11) is 0. The van der Waals surface area contributed by atoms with Crippen LogP contribution in [0.5, 0.6) is 5.75 Å². The highest BCUT2D eigenvalue weighted by molar-refractivity contribution is 7.15. The van der Waals surface area contributed by atoms with Gasteiger partial charge in [-0.3, -0.25) is 9.59 Å². The number of carbonyl (C=O) groups excluding carboxylic acids is 2. The minimum Gasteiger partial charge on any atom is -0.494 e. The third-order valence-electron chi connectivity index (χ3n) is 5.09. The number of hydrogen-bond donors (Lipinski definition) is 1. The van der Waals surface area contributed by atoms with E-state index in [1.165, 1.54) is 18.3 Å². The molecule has 0 aliphatic carbocycles. The van der Waals surface area contributed by atoms with Crippen molar-refractivity contribution in [1.82, 2.24) is 4.90 Å². The Hall–Kier alpha value is -2.18. The summed E-state index contributed by atoms with van der Waals surface area (Å²) in [4.78, 5) is 27.3. The monoisotopic (exact) mass is 387 g/mol. The number of ether oxygens (including phenoxy) is 1. The molecule has 27 heavy (non-hydrogen) atoms. The topological polar surface area (TPSA) is 66.8 Å². The van der Waals surface area contributed by atoms with Crippen molar-refractivity contribution in [3.63, 3.8) is 0 Å². The maximum atomic E-state index is 12.8. The Morgan fingerprint density at radius 3 is 2.59 bits per heavy atom. The van der Waals surface area contributed by atoms with E-state index < -0.39 is 0 Å². The minimum absolute atomic E-state index is 0.0259. The molecular weight excluding hydrogens is 362 g/mol. The fraction of sp³-hybridized carbons (Fsp3) is 0.429. The summed E-state index contributed by atoms with van der Waals surface area (Å²) in [6.07, 6.45) is 2.41. The van der Waals surface area contributed by atoms with Crippen molar-refractivity contribution < 1.29 is 19.4 Å². The molecule has 1 aromatic carbocycles. The quantitative estimate of drug-likeness (QED) is 0.737. The van der Waals surface area contributed by atoms with E-state index in [1.807, 2.05) is 30.3 Å². The first-order valence-corrected chi connectivity index (χ1v) is 10.0. The van der Waals surface area contributed by atoms with Crippen LogP contribution < -0.4 is 4.74 Å². The van der Waals surface area contributed by atoms with Crippen LogP contribution in [0.1, 0.15) is 45.5 Å². The molecule has 2 heterocycles. The second-order valence-electron chi connectivity index (χ2n) is 7.12. The van der Waals surface area contributed by atoms with E-state index in [2.05, 4.69) is 0 Å². The van der Waals surface area contributed by atoms with Gasteiger partial charge in [-0.2, -0.15) is 0 Å². The van der Waals surface area contributed by atoms with Crippen LogP contribution >= 0.6 is 11.3 Å². The van der Waals surface area contributed by atoms with E-state index in [0.29, 0.717) is 35.9 Å². The first-order chi connectivity index (χ1) is 13.0. The van der Waals surface area contributed by atoms with E-state index in [-0.39, 0.29) is 23.7 Å². The lowest BCUT2D eigenvalue weighted by Gasteiger charge is -2.41. The van der Waals surface area contributed by atoms with Gasteiger partial charge in [-0.15, -0.1) is 11.3 Å². The van der Waals surface area contributed by atoms with E-state index in [4.69, 9.17) is 4.74 Å². The molecule has 0 saturated carbocycles. The van der Waals surface area contributed by atoms with Gasteiger partial charge in [-0.1, -0.05) is 18.2 Å². The van der Waals surface area contributed by atoms with Crippen LogP contribution in [0.2, 0.25) is 0 Å².